The lowest BCUT2D eigenvalue weighted by atomic mass is 9.44. The molecule has 2 N–H and O–H groups in total. The molecule has 0 aromatic rings. The van der Waals surface area contributed by atoms with Crippen LogP contribution >= 0.6 is 0 Å². The minimum atomic E-state index is -0.424. The summed E-state index contributed by atoms with van der Waals surface area (Å²) >= 11 is 0. The number of nitrogens with one attached hydrogen (secondary N) is 1. The molecule has 76 valence electrons. The van der Waals surface area contributed by atoms with Crippen LogP contribution in [0.2, 0.25) is 0 Å². The van der Waals surface area contributed by atoms with Gasteiger partial charge in [0.25, 0.3) is 0 Å². The molecule has 0 aromatic heterocycles. The van der Waals surface area contributed by atoms with Gasteiger partial charge in [-0.05, 0) is 43.6 Å². The van der Waals surface area contributed by atoms with Crippen LogP contribution in [0.4, 0.5) is 0 Å². The summed E-state index contributed by atoms with van der Waals surface area (Å²) in [6, 6.07) is 0. The first-order chi connectivity index (χ1) is 6.00. The quantitative estimate of drug-likeness (QED) is 0.678. The number of likely N-dealkylation sites (N-methyl/N-ethyl adjacent to an activating group) is 1. The molecule has 0 aromatic carbocycles. The Kier molecular flexibility index (Phi) is 1.97. The highest BCUT2D eigenvalue weighted by Crippen LogP contribution is 2.62. The lowest BCUT2D eigenvalue weighted by molar-refractivity contribution is -0.198. The molecule has 0 radical (unpaired) electrons. The van der Waals surface area contributed by atoms with E-state index >= 15 is 0 Å². The van der Waals surface area contributed by atoms with Gasteiger partial charge in [0, 0.05) is 6.54 Å². The normalized spacial score (nSPS) is 47.1. The van der Waals surface area contributed by atoms with Crippen molar-refractivity contribution in [3.05, 3.63) is 0 Å². The second-order valence-electron chi connectivity index (χ2n) is 5.48. The molecule has 2 heteroatoms. The van der Waals surface area contributed by atoms with Crippen molar-refractivity contribution in [2.24, 2.45) is 17.3 Å². The molecule has 3 atom stereocenters. The third-order valence-electron chi connectivity index (χ3n) is 4.53. The van der Waals surface area contributed by atoms with E-state index in [1.54, 1.807) is 0 Å². The number of aliphatic hydroxyl groups is 1. The Labute approximate surface area is 80.7 Å². The van der Waals surface area contributed by atoms with Crippen LogP contribution in [0.3, 0.4) is 0 Å². The van der Waals surface area contributed by atoms with E-state index in [0.717, 1.165) is 18.9 Å². The van der Waals surface area contributed by atoms with E-state index in [1.807, 2.05) is 7.05 Å². The summed E-state index contributed by atoms with van der Waals surface area (Å²) in [4.78, 5) is 0. The molecule has 3 aliphatic carbocycles. The summed E-state index contributed by atoms with van der Waals surface area (Å²) in [6.07, 6.45) is 3.44. The summed E-state index contributed by atoms with van der Waals surface area (Å²) in [6.45, 7) is 5.38. The van der Waals surface area contributed by atoms with Crippen LogP contribution in [0.1, 0.15) is 33.1 Å². The highest BCUT2D eigenvalue weighted by Gasteiger charge is 2.60. The van der Waals surface area contributed by atoms with Crippen LogP contribution in [0.15, 0.2) is 0 Å². The second-order valence-corrected chi connectivity index (χ2v) is 5.48. The fraction of sp³-hybridized carbons (Fsp3) is 1.00. The highest BCUT2D eigenvalue weighted by atomic mass is 16.3. The van der Waals surface area contributed by atoms with Gasteiger partial charge in [-0.1, -0.05) is 13.8 Å². The van der Waals surface area contributed by atoms with Gasteiger partial charge in [-0.25, -0.2) is 0 Å². The summed E-state index contributed by atoms with van der Waals surface area (Å²) < 4.78 is 0. The van der Waals surface area contributed by atoms with Crippen LogP contribution in [0.5, 0.6) is 0 Å². The molecular weight excluding hydrogens is 162 g/mol. The summed E-state index contributed by atoms with van der Waals surface area (Å²) in [5.74, 6) is 1.39. The van der Waals surface area contributed by atoms with Gasteiger partial charge in [0.1, 0.15) is 0 Å². The van der Waals surface area contributed by atoms with E-state index in [4.69, 9.17) is 0 Å². The first-order valence-corrected chi connectivity index (χ1v) is 5.38. The number of rotatable bonds is 2. The molecule has 2 bridgehead atoms. The maximum Gasteiger partial charge on any atom is 0.0804 e. The second kappa shape index (κ2) is 2.71. The molecule has 0 saturated heterocycles. The Balaban J connectivity index is 2.14. The molecule has 0 heterocycles. The predicted molar refractivity (Wildman–Crippen MR) is 53.5 cm³/mol. The Morgan fingerprint density at radius 3 is 2.62 bits per heavy atom. The van der Waals surface area contributed by atoms with Gasteiger partial charge >= 0.3 is 0 Å². The van der Waals surface area contributed by atoms with E-state index in [1.165, 1.54) is 12.8 Å². The summed E-state index contributed by atoms with van der Waals surface area (Å²) in [7, 11) is 1.93. The monoisotopic (exact) mass is 183 g/mol. The Bertz CT molecular complexity index is 208. The smallest absolute Gasteiger partial charge is 0.0804 e. The minimum Gasteiger partial charge on any atom is -0.388 e. The number of hydrogen-bond donors (Lipinski definition) is 2. The standard InChI is InChI=1S/C11H21NO/c1-10(2)8-4-5-11(13,7-12-3)9(10)6-8/h8-9,12-13H,4-7H2,1-3H3. The molecule has 2 nitrogen and oxygen atoms in total. The van der Waals surface area contributed by atoms with E-state index in [9.17, 15) is 5.11 Å². The third-order valence-corrected chi connectivity index (χ3v) is 4.53. The Hall–Kier alpha value is -0.0800. The SMILES string of the molecule is CNCC1(O)CCC2CC1C2(C)C. The number of hydrogen-bond acceptors (Lipinski definition) is 2. The maximum atomic E-state index is 10.5. The summed E-state index contributed by atoms with van der Waals surface area (Å²) in [5.41, 5.74) is -0.0448. The van der Waals surface area contributed by atoms with Crippen LogP contribution in [-0.2, 0) is 0 Å². The van der Waals surface area contributed by atoms with Crippen LogP contribution in [0.25, 0.3) is 0 Å². The fourth-order valence-corrected chi connectivity index (χ4v) is 3.53. The van der Waals surface area contributed by atoms with E-state index < -0.39 is 5.60 Å². The Morgan fingerprint density at radius 2 is 2.15 bits per heavy atom. The first kappa shape index (κ1) is 9.47. The van der Waals surface area contributed by atoms with Crippen LogP contribution < -0.4 is 5.32 Å². The third kappa shape index (κ3) is 1.15. The van der Waals surface area contributed by atoms with Crippen LogP contribution in [-0.4, -0.2) is 24.3 Å². The van der Waals surface area contributed by atoms with Crippen molar-refractivity contribution in [1.82, 2.24) is 5.32 Å². The summed E-state index contributed by atoms with van der Waals surface area (Å²) in [5, 5.41) is 13.6. The van der Waals surface area contributed by atoms with Crippen LogP contribution in [0, 0.1) is 17.3 Å². The minimum absolute atomic E-state index is 0.379. The zero-order valence-electron chi connectivity index (χ0n) is 8.93. The molecule has 0 spiro atoms. The molecular formula is C11H21NO. The average molecular weight is 183 g/mol. The van der Waals surface area contributed by atoms with E-state index in [-0.39, 0.29) is 0 Å². The predicted octanol–water partition coefficient (Wildman–Crippen LogP) is 1.39. The lowest BCUT2D eigenvalue weighted by Crippen LogP contribution is -2.64. The van der Waals surface area contributed by atoms with Gasteiger partial charge in [0.15, 0.2) is 0 Å². The van der Waals surface area contributed by atoms with Crippen molar-refractivity contribution in [2.45, 2.75) is 38.7 Å². The maximum absolute atomic E-state index is 10.5. The van der Waals surface area contributed by atoms with Crippen molar-refractivity contribution in [1.29, 1.82) is 0 Å². The Morgan fingerprint density at radius 1 is 1.46 bits per heavy atom. The van der Waals surface area contributed by atoms with Gasteiger partial charge in [0.2, 0.25) is 0 Å². The van der Waals surface area contributed by atoms with Gasteiger partial charge in [-0.3, -0.25) is 0 Å². The van der Waals surface area contributed by atoms with Gasteiger partial charge in [-0.2, -0.15) is 0 Å². The molecule has 3 fully saturated rings. The number of fused-ring (bicyclic) bond motifs is 2. The highest BCUT2D eigenvalue weighted by molar-refractivity contribution is 5.10. The fourth-order valence-electron chi connectivity index (χ4n) is 3.53. The molecule has 13 heavy (non-hydrogen) atoms. The first-order valence-electron chi connectivity index (χ1n) is 5.38. The largest absolute Gasteiger partial charge is 0.388 e. The van der Waals surface area contributed by atoms with Crippen molar-refractivity contribution in [3.63, 3.8) is 0 Å². The van der Waals surface area contributed by atoms with Crippen molar-refractivity contribution in [2.75, 3.05) is 13.6 Å². The van der Waals surface area contributed by atoms with Gasteiger partial charge in [-0.15, -0.1) is 0 Å². The molecule has 3 rings (SSSR count). The molecule has 3 aliphatic rings. The van der Waals surface area contributed by atoms with Crippen molar-refractivity contribution >= 4 is 0 Å². The van der Waals surface area contributed by atoms with Gasteiger partial charge < -0.3 is 10.4 Å². The van der Waals surface area contributed by atoms with E-state index in [2.05, 4.69) is 19.2 Å². The molecule has 3 unspecified atom stereocenters. The average Bonchev–Trinajstić information content (AvgIpc) is 2.03. The van der Waals surface area contributed by atoms with Crippen molar-refractivity contribution < 1.29 is 5.11 Å². The molecule has 0 aliphatic heterocycles. The lowest BCUT2D eigenvalue weighted by Gasteiger charge is -2.63. The van der Waals surface area contributed by atoms with Gasteiger partial charge in [0.05, 0.1) is 5.60 Å². The molecule has 0 amide bonds. The zero-order valence-corrected chi connectivity index (χ0v) is 8.93. The zero-order chi connectivity index (χ0) is 9.69. The molecule has 3 saturated carbocycles. The van der Waals surface area contributed by atoms with E-state index in [0.29, 0.717) is 11.3 Å². The topological polar surface area (TPSA) is 32.3 Å². The van der Waals surface area contributed by atoms with Crippen molar-refractivity contribution in [3.8, 4) is 0 Å².